The lowest BCUT2D eigenvalue weighted by molar-refractivity contribution is -0.142. The molecule has 0 spiro atoms. The Morgan fingerprint density at radius 1 is 1.25 bits per heavy atom. The first kappa shape index (κ1) is 15.4. The smallest absolute Gasteiger partial charge is 0.307 e. The van der Waals surface area contributed by atoms with Crippen molar-refractivity contribution in [3.8, 4) is 0 Å². The lowest BCUT2D eigenvalue weighted by Crippen LogP contribution is -2.46. The average molecular weight is 230 g/mol. The number of nitrogens with zero attached hydrogens (tertiary/aromatic N) is 1. The first-order chi connectivity index (χ1) is 7.42. The number of rotatable bonds is 8. The van der Waals surface area contributed by atoms with E-state index in [9.17, 15) is 4.79 Å². The Kier molecular flexibility index (Phi) is 7.34. The van der Waals surface area contributed by atoms with E-state index in [1.165, 1.54) is 0 Å². The second-order valence-corrected chi connectivity index (χ2v) is 4.47. The summed E-state index contributed by atoms with van der Waals surface area (Å²) in [6.07, 6.45) is 0. The molecule has 0 rings (SSSR count). The number of carboxylic acid groups (broad SMARTS) is 1. The van der Waals surface area contributed by atoms with Crippen LogP contribution in [0.2, 0.25) is 0 Å². The van der Waals surface area contributed by atoms with Crippen LogP contribution in [-0.4, -0.2) is 47.7 Å². The fourth-order valence-corrected chi connectivity index (χ4v) is 1.73. The zero-order chi connectivity index (χ0) is 12.7. The van der Waals surface area contributed by atoms with Gasteiger partial charge in [0.2, 0.25) is 0 Å². The molecule has 0 amide bonds. The average Bonchev–Trinajstić information content (AvgIpc) is 2.24. The molecule has 0 aromatic rings. The van der Waals surface area contributed by atoms with E-state index in [0.717, 1.165) is 19.6 Å². The maximum Gasteiger partial charge on any atom is 0.307 e. The number of likely N-dealkylation sites (N-methyl/N-ethyl adjacent to an activating group) is 1. The highest BCUT2D eigenvalue weighted by molar-refractivity contribution is 5.70. The van der Waals surface area contributed by atoms with Gasteiger partial charge in [-0.15, -0.1) is 0 Å². The summed E-state index contributed by atoms with van der Waals surface area (Å²) >= 11 is 0. The standard InChI is InChI=1S/C12H26N2O2/c1-6-14(7-2)8-9(3)13-11(5)10(4)12(15)16/h9-11,13H,6-8H2,1-5H3,(H,15,16). The van der Waals surface area contributed by atoms with Crippen LogP contribution in [0, 0.1) is 5.92 Å². The van der Waals surface area contributed by atoms with E-state index in [-0.39, 0.29) is 12.0 Å². The van der Waals surface area contributed by atoms with Gasteiger partial charge in [0.05, 0.1) is 5.92 Å². The van der Waals surface area contributed by atoms with E-state index in [0.29, 0.717) is 6.04 Å². The van der Waals surface area contributed by atoms with Gasteiger partial charge in [0.15, 0.2) is 0 Å². The predicted octanol–water partition coefficient (Wildman–Crippen LogP) is 1.42. The van der Waals surface area contributed by atoms with Crippen molar-refractivity contribution in [1.29, 1.82) is 0 Å². The van der Waals surface area contributed by atoms with Gasteiger partial charge in [-0.3, -0.25) is 4.79 Å². The fraction of sp³-hybridized carbons (Fsp3) is 0.917. The van der Waals surface area contributed by atoms with Gasteiger partial charge >= 0.3 is 5.97 Å². The molecule has 0 fully saturated rings. The van der Waals surface area contributed by atoms with Crippen molar-refractivity contribution in [1.82, 2.24) is 10.2 Å². The Morgan fingerprint density at radius 3 is 2.12 bits per heavy atom. The molecule has 0 saturated heterocycles. The Bertz CT molecular complexity index is 205. The highest BCUT2D eigenvalue weighted by atomic mass is 16.4. The van der Waals surface area contributed by atoms with Crippen LogP contribution in [0.15, 0.2) is 0 Å². The highest BCUT2D eigenvalue weighted by Crippen LogP contribution is 2.04. The Hall–Kier alpha value is -0.610. The number of carbonyl (C=O) groups is 1. The number of nitrogens with one attached hydrogen (secondary N) is 1. The van der Waals surface area contributed by atoms with Gasteiger partial charge < -0.3 is 15.3 Å². The van der Waals surface area contributed by atoms with Crippen LogP contribution in [0.25, 0.3) is 0 Å². The third-order valence-electron chi connectivity index (χ3n) is 3.11. The predicted molar refractivity (Wildman–Crippen MR) is 66.6 cm³/mol. The molecule has 96 valence electrons. The van der Waals surface area contributed by atoms with Crippen molar-refractivity contribution in [2.75, 3.05) is 19.6 Å². The van der Waals surface area contributed by atoms with Gasteiger partial charge in [0, 0.05) is 18.6 Å². The summed E-state index contributed by atoms with van der Waals surface area (Å²) in [5, 5.41) is 12.2. The summed E-state index contributed by atoms with van der Waals surface area (Å²) in [5.41, 5.74) is 0. The summed E-state index contributed by atoms with van der Waals surface area (Å²) in [4.78, 5) is 13.1. The molecule has 0 aliphatic carbocycles. The Labute approximate surface area is 99.0 Å². The van der Waals surface area contributed by atoms with E-state index < -0.39 is 5.97 Å². The normalized spacial score (nSPS) is 17.1. The highest BCUT2D eigenvalue weighted by Gasteiger charge is 2.20. The third-order valence-corrected chi connectivity index (χ3v) is 3.11. The summed E-state index contributed by atoms with van der Waals surface area (Å²) in [6, 6.07) is 0.319. The van der Waals surface area contributed by atoms with Crippen molar-refractivity contribution in [2.45, 2.75) is 46.7 Å². The second-order valence-electron chi connectivity index (χ2n) is 4.47. The van der Waals surface area contributed by atoms with E-state index in [1.54, 1.807) is 6.92 Å². The molecule has 0 aromatic heterocycles. The van der Waals surface area contributed by atoms with Crippen molar-refractivity contribution < 1.29 is 9.90 Å². The largest absolute Gasteiger partial charge is 0.481 e. The molecule has 3 unspecified atom stereocenters. The first-order valence-electron chi connectivity index (χ1n) is 6.13. The topological polar surface area (TPSA) is 52.6 Å². The summed E-state index contributed by atoms with van der Waals surface area (Å²) in [7, 11) is 0. The second kappa shape index (κ2) is 7.63. The van der Waals surface area contributed by atoms with Crippen LogP contribution in [0.5, 0.6) is 0 Å². The molecule has 3 atom stereocenters. The van der Waals surface area contributed by atoms with E-state index in [1.807, 2.05) is 6.92 Å². The van der Waals surface area contributed by atoms with E-state index in [2.05, 4.69) is 31.0 Å². The molecule has 0 saturated carbocycles. The summed E-state index contributed by atoms with van der Waals surface area (Å²) in [5.74, 6) is -1.09. The van der Waals surface area contributed by atoms with E-state index in [4.69, 9.17) is 5.11 Å². The molecular weight excluding hydrogens is 204 g/mol. The zero-order valence-corrected chi connectivity index (χ0v) is 11.2. The van der Waals surface area contributed by atoms with Crippen LogP contribution < -0.4 is 5.32 Å². The molecule has 0 aliphatic heterocycles. The number of hydrogen-bond donors (Lipinski definition) is 2. The molecule has 2 N–H and O–H groups in total. The van der Waals surface area contributed by atoms with Crippen LogP contribution >= 0.6 is 0 Å². The quantitative estimate of drug-likeness (QED) is 0.662. The SMILES string of the molecule is CCN(CC)CC(C)NC(C)C(C)C(=O)O. The third kappa shape index (κ3) is 5.47. The van der Waals surface area contributed by atoms with Gasteiger partial charge in [-0.1, -0.05) is 20.8 Å². The summed E-state index contributed by atoms with van der Waals surface area (Å²) < 4.78 is 0. The minimum absolute atomic E-state index is 0.00284. The zero-order valence-electron chi connectivity index (χ0n) is 11.2. The molecule has 4 nitrogen and oxygen atoms in total. The van der Waals surface area contributed by atoms with Gasteiger partial charge in [-0.05, 0) is 26.9 Å². The maximum absolute atomic E-state index is 10.8. The minimum Gasteiger partial charge on any atom is -0.481 e. The van der Waals surface area contributed by atoms with Crippen LogP contribution in [-0.2, 0) is 4.79 Å². The van der Waals surface area contributed by atoms with Crippen molar-refractivity contribution in [2.24, 2.45) is 5.92 Å². The van der Waals surface area contributed by atoms with Gasteiger partial charge in [0.1, 0.15) is 0 Å². The Morgan fingerprint density at radius 2 is 1.75 bits per heavy atom. The lowest BCUT2D eigenvalue weighted by atomic mass is 10.0. The molecule has 16 heavy (non-hydrogen) atoms. The molecule has 0 radical (unpaired) electrons. The van der Waals surface area contributed by atoms with Gasteiger partial charge in [-0.2, -0.15) is 0 Å². The number of carboxylic acids is 1. The Balaban J connectivity index is 4.03. The van der Waals surface area contributed by atoms with Crippen molar-refractivity contribution in [3.05, 3.63) is 0 Å². The number of hydrogen-bond acceptors (Lipinski definition) is 3. The maximum atomic E-state index is 10.8. The van der Waals surface area contributed by atoms with Crippen molar-refractivity contribution >= 4 is 5.97 Å². The molecule has 0 aliphatic rings. The molecule has 0 aromatic carbocycles. The monoisotopic (exact) mass is 230 g/mol. The molecule has 4 heteroatoms. The first-order valence-corrected chi connectivity index (χ1v) is 6.13. The molecule has 0 heterocycles. The van der Waals surface area contributed by atoms with Crippen LogP contribution in [0.1, 0.15) is 34.6 Å². The number of aliphatic carboxylic acids is 1. The molecular formula is C12H26N2O2. The fourth-order valence-electron chi connectivity index (χ4n) is 1.73. The lowest BCUT2D eigenvalue weighted by Gasteiger charge is -2.27. The molecule has 0 bridgehead atoms. The van der Waals surface area contributed by atoms with Crippen molar-refractivity contribution in [3.63, 3.8) is 0 Å². The summed E-state index contributed by atoms with van der Waals surface area (Å²) in [6.45, 7) is 13.1. The van der Waals surface area contributed by atoms with Gasteiger partial charge in [-0.25, -0.2) is 0 Å². The van der Waals surface area contributed by atoms with Gasteiger partial charge in [0.25, 0.3) is 0 Å². The van der Waals surface area contributed by atoms with Crippen LogP contribution in [0.4, 0.5) is 0 Å². The van der Waals surface area contributed by atoms with Crippen LogP contribution in [0.3, 0.4) is 0 Å². The van der Waals surface area contributed by atoms with E-state index >= 15 is 0 Å². The minimum atomic E-state index is -0.741.